The number of rotatable bonds is 4. The fourth-order valence-corrected chi connectivity index (χ4v) is 1.58. The Balaban J connectivity index is 1.74. The van der Waals surface area contributed by atoms with Crippen LogP contribution in [0.2, 0.25) is 0 Å². The summed E-state index contributed by atoms with van der Waals surface area (Å²) in [5.74, 6) is -0.330. The van der Waals surface area contributed by atoms with E-state index in [1.54, 1.807) is 12.4 Å². The number of nitrogens with zero attached hydrogens (tertiary/aromatic N) is 1. The van der Waals surface area contributed by atoms with Gasteiger partial charge in [-0.15, -0.1) is 0 Å². The van der Waals surface area contributed by atoms with E-state index < -0.39 is 0 Å². The van der Waals surface area contributed by atoms with E-state index in [1.165, 1.54) is 24.3 Å². The Labute approximate surface area is 110 Å². The van der Waals surface area contributed by atoms with Crippen LogP contribution in [0.4, 0.5) is 14.9 Å². The normalized spacial score (nSPS) is 9.95. The van der Waals surface area contributed by atoms with Gasteiger partial charge >= 0.3 is 6.03 Å². The minimum Gasteiger partial charge on any atom is -0.338 e. The monoisotopic (exact) mass is 259 g/mol. The van der Waals surface area contributed by atoms with Crippen molar-refractivity contribution in [3.8, 4) is 0 Å². The Morgan fingerprint density at radius 2 is 1.79 bits per heavy atom. The Morgan fingerprint density at radius 1 is 1.11 bits per heavy atom. The molecule has 2 amide bonds. The number of pyridine rings is 1. The van der Waals surface area contributed by atoms with Gasteiger partial charge in [-0.3, -0.25) is 4.98 Å². The van der Waals surface area contributed by atoms with Crippen molar-refractivity contribution in [2.24, 2.45) is 0 Å². The Bertz CT molecular complexity index is 528. The fraction of sp³-hybridized carbons (Fsp3) is 0.143. The van der Waals surface area contributed by atoms with E-state index in [0.717, 1.165) is 12.0 Å². The highest BCUT2D eigenvalue weighted by molar-refractivity contribution is 5.89. The molecular formula is C14H14FN3O. The first kappa shape index (κ1) is 13.0. The number of hydrogen-bond donors (Lipinski definition) is 2. The largest absolute Gasteiger partial charge is 0.338 e. The topological polar surface area (TPSA) is 54.0 Å². The van der Waals surface area contributed by atoms with Gasteiger partial charge in [0.25, 0.3) is 0 Å². The lowest BCUT2D eigenvalue weighted by molar-refractivity contribution is 0.252. The molecule has 0 aliphatic rings. The van der Waals surface area contributed by atoms with Crippen LogP contribution in [0.25, 0.3) is 0 Å². The van der Waals surface area contributed by atoms with E-state index in [9.17, 15) is 9.18 Å². The number of carbonyl (C=O) groups excluding carboxylic acids is 1. The Hall–Kier alpha value is -2.43. The van der Waals surface area contributed by atoms with Crippen LogP contribution < -0.4 is 10.6 Å². The zero-order valence-electron chi connectivity index (χ0n) is 10.3. The zero-order valence-corrected chi connectivity index (χ0v) is 10.3. The van der Waals surface area contributed by atoms with Gasteiger partial charge in [0.1, 0.15) is 5.82 Å². The van der Waals surface area contributed by atoms with E-state index >= 15 is 0 Å². The lowest BCUT2D eigenvalue weighted by Crippen LogP contribution is -2.30. The molecule has 1 aromatic carbocycles. The molecule has 19 heavy (non-hydrogen) atoms. The molecule has 2 aromatic rings. The summed E-state index contributed by atoms with van der Waals surface area (Å²) in [6.07, 6.45) is 4.17. The molecule has 0 aliphatic carbocycles. The van der Waals surface area contributed by atoms with Crippen LogP contribution in [0.3, 0.4) is 0 Å². The molecule has 1 aromatic heterocycles. The average Bonchev–Trinajstić information content (AvgIpc) is 2.43. The molecule has 5 heteroatoms. The lowest BCUT2D eigenvalue weighted by Gasteiger charge is -2.07. The van der Waals surface area contributed by atoms with Crippen molar-refractivity contribution < 1.29 is 9.18 Å². The summed E-state index contributed by atoms with van der Waals surface area (Å²) in [7, 11) is 0. The predicted octanol–water partition coefficient (Wildman–Crippen LogP) is 2.58. The van der Waals surface area contributed by atoms with Crippen molar-refractivity contribution in [1.82, 2.24) is 10.3 Å². The Kier molecular flexibility index (Phi) is 4.44. The van der Waals surface area contributed by atoms with Crippen LogP contribution in [0.15, 0.2) is 48.8 Å². The molecule has 2 N–H and O–H groups in total. The highest BCUT2D eigenvalue weighted by Gasteiger charge is 2.01. The lowest BCUT2D eigenvalue weighted by atomic mass is 10.2. The third kappa shape index (κ3) is 4.39. The summed E-state index contributed by atoms with van der Waals surface area (Å²) in [5.41, 5.74) is 1.67. The molecule has 4 nitrogen and oxygen atoms in total. The van der Waals surface area contributed by atoms with Crippen molar-refractivity contribution in [1.29, 1.82) is 0 Å². The maximum atomic E-state index is 12.7. The second-order valence-electron chi connectivity index (χ2n) is 3.99. The first-order chi connectivity index (χ1) is 9.24. The molecule has 0 bridgehead atoms. The van der Waals surface area contributed by atoms with Gasteiger partial charge in [0.05, 0.1) is 0 Å². The van der Waals surface area contributed by atoms with Crippen molar-refractivity contribution in [2.45, 2.75) is 6.42 Å². The maximum absolute atomic E-state index is 12.7. The van der Waals surface area contributed by atoms with Gasteiger partial charge in [0.15, 0.2) is 0 Å². The van der Waals surface area contributed by atoms with Gasteiger partial charge in [0, 0.05) is 24.6 Å². The fourth-order valence-electron chi connectivity index (χ4n) is 1.58. The van der Waals surface area contributed by atoms with E-state index in [2.05, 4.69) is 15.6 Å². The molecule has 1 heterocycles. The maximum Gasteiger partial charge on any atom is 0.319 e. The number of carbonyl (C=O) groups is 1. The van der Waals surface area contributed by atoms with Crippen LogP contribution >= 0.6 is 0 Å². The molecule has 0 spiro atoms. The van der Waals surface area contributed by atoms with Crippen molar-refractivity contribution in [3.63, 3.8) is 0 Å². The second-order valence-corrected chi connectivity index (χ2v) is 3.99. The predicted molar refractivity (Wildman–Crippen MR) is 71.4 cm³/mol. The van der Waals surface area contributed by atoms with Gasteiger partial charge in [0.2, 0.25) is 0 Å². The van der Waals surface area contributed by atoms with Gasteiger partial charge in [-0.2, -0.15) is 0 Å². The summed E-state index contributed by atoms with van der Waals surface area (Å²) in [6.45, 7) is 0.525. The molecule has 0 unspecified atom stereocenters. The van der Waals surface area contributed by atoms with Crippen molar-refractivity contribution >= 4 is 11.7 Å². The van der Waals surface area contributed by atoms with Crippen LogP contribution in [-0.2, 0) is 6.42 Å². The van der Waals surface area contributed by atoms with Crippen LogP contribution in [0, 0.1) is 5.82 Å². The number of amides is 2. The third-order valence-electron chi connectivity index (χ3n) is 2.55. The van der Waals surface area contributed by atoms with E-state index in [-0.39, 0.29) is 11.8 Å². The number of hydrogen-bond acceptors (Lipinski definition) is 2. The summed E-state index contributed by atoms with van der Waals surface area (Å²) in [4.78, 5) is 15.5. The summed E-state index contributed by atoms with van der Waals surface area (Å²) in [5, 5.41) is 5.36. The summed E-state index contributed by atoms with van der Waals surface area (Å²) >= 11 is 0. The highest BCUT2D eigenvalue weighted by atomic mass is 19.1. The number of urea groups is 1. The minimum absolute atomic E-state index is 0.305. The van der Waals surface area contributed by atoms with Gasteiger partial charge in [-0.1, -0.05) is 0 Å². The molecule has 0 saturated heterocycles. The van der Waals surface area contributed by atoms with Crippen molar-refractivity contribution in [3.05, 3.63) is 60.2 Å². The number of anilines is 1. The minimum atomic E-state index is -0.330. The molecule has 0 fully saturated rings. The van der Waals surface area contributed by atoms with Gasteiger partial charge < -0.3 is 10.6 Å². The first-order valence-corrected chi connectivity index (χ1v) is 5.93. The molecular weight excluding hydrogens is 245 g/mol. The summed E-state index contributed by atoms with van der Waals surface area (Å²) < 4.78 is 12.7. The second kappa shape index (κ2) is 6.49. The third-order valence-corrected chi connectivity index (χ3v) is 2.55. The quantitative estimate of drug-likeness (QED) is 0.886. The van der Waals surface area contributed by atoms with Crippen molar-refractivity contribution in [2.75, 3.05) is 11.9 Å². The Morgan fingerprint density at radius 3 is 2.47 bits per heavy atom. The van der Waals surface area contributed by atoms with E-state index in [4.69, 9.17) is 0 Å². The average molecular weight is 259 g/mol. The molecule has 0 saturated carbocycles. The van der Waals surface area contributed by atoms with Gasteiger partial charge in [-0.05, 0) is 48.4 Å². The standard InChI is InChI=1S/C14H14FN3O/c15-12-1-3-13(4-2-12)18-14(19)17-10-7-11-5-8-16-9-6-11/h1-6,8-9H,7,10H2,(H2,17,18,19). The molecule has 0 aliphatic heterocycles. The number of halogens is 1. The smallest absolute Gasteiger partial charge is 0.319 e. The van der Waals surface area contributed by atoms with E-state index in [1.807, 2.05) is 12.1 Å². The number of benzene rings is 1. The number of nitrogens with one attached hydrogen (secondary N) is 2. The highest BCUT2D eigenvalue weighted by Crippen LogP contribution is 2.07. The molecule has 2 rings (SSSR count). The molecule has 0 atom stereocenters. The van der Waals surface area contributed by atoms with Crippen LogP contribution in [0.5, 0.6) is 0 Å². The number of aromatic nitrogens is 1. The molecule has 0 radical (unpaired) electrons. The van der Waals surface area contributed by atoms with Crippen LogP contribution in [-0.4, -0.2) is 17.6 Å². The van der Waals surface area contributed by atoms with E-state index in [0.29, 0.717) is 12.2 Å². The molecule has 98 valence electrons. The zero-order chi connectivity index (χ0) is 13.5. The van der Waals surface area contributed by atoms with Crippen LogP contribution in [0.1, 0.15) is 5.56 Å². The van der Waals surface area contributed by atoms with Gasteiger partial charge in [-0.25, -0.2) is 9.18 Å². The first-order valence-electron chi connectivity index (χ1n) is 5.93. The SMILES string of the molecule is O=C(NCCc1ccncc1)Nc1ccc(F)cc1. The summed E-state index contributed by atoms with van der Waals surface area (Å²) in [6, 6.07) is 9.12.